The van der Waals surface area contributed by atoms with Crippen molar-refractivity contribution < 1.29 is 22.0 Å². The van der Waals surface area contributed by atoms with Gasteiger partial charge in [0.25, 0.3) is 0 Å². The number of ether oxygens (including phenoxy) is 1. The topological polar surface area (TPSA) is 88.4 Å². The van der Waals surface area contributed by atoms with Gasteiger partial charge in [-0.2, -0.15) is 0 Å². The van der Waals surface area contributed by atoms with Crippen LogP contribution in [0.2, 0.25) is 0 Å². The molecular formula is C30H28FN3O4S. The Bertz CT molecular complexity index is 1700. The lowest BCUT2D eigenvalue weighted by molar-refractivity contribution is 0.313. The van der Waals surface area contributed by atoms with Gasteiger partial charge in [-0.1, -0.05) is 18.2 Å². The Morgan fingerprint density at radius 2 is 1.87 bits per heavy atom. The predicted molar refractivity (Wildman–Crippen MR) is 150 cm³/mol. The molecule has 0 bridgehead atoms. The molecule has 3 aromatic carbocycles. The summed E-state index contributed by atoms with van der Waals surface area (Å²) in [5.74, 6) is 1.84. The maximum Gasteiger partial charge on any atom is 0.232 e. The fourth-order valence-electron chi connectivity index (χ4n) is 4.91. The molecule has 6 rings (SSSR count). The number of H-pyrrole nitrogens is 1. The minimum Gasteiger partial charge on any atom is -0.494 e. The van der Waals surface area contributed by atoms with Gasteiger partial charge in [-0.25, -0.2) is 17.8 Å². The van der Waals surface area contributed by atoms with Gasteiger partial charge in [0, 0.05) is 42.4 Å². The lowest BCUT2D eigenvalue weighted by Gasteiger charge is -2.25. The quantitative estimate of drug-likeness (QED) is 0.196. The van der Waals surface area contributed by atoms with Gasteiger partial charge in [0.15, 0.2) is 0 Å². The normalized spacial score (nSPS) is 13.6. The number of rotatable bonds is 10. The molecule has 0 amide bonds. The fraction of sp³-hybridized carbons (Fsp3) is 0.233. The lowest BCUT2D eigenvalue weighted by Crippen LogP contribution is -2.32. The Kier molecular flexibility index (Phi) is 6.60. The molecule has 7 nitrogen and oxygen atoms in total. The highest BCUT2D eigenvalue weighted by Gasteiger charge is 2.32. The van der Waals surface area contributed by atoms with E-state index in [0.717, 1.165) is 35.1 Å². The van der Waals surface area contributed by atoms with Crippen molar-refractivity contribution in [1.82, 2.24) is 9.97 Å². The predicted octanol–water partition coefficient (Wildman–Crippen LogP) is 6.74. The van der Waals surface area contributed by atoms with Crippen LogP contribution in [0.3, 0.4) is 0 Å². The molecule has 2 aromatic heterocycles. The molecule has 0 radical (unpaired) electrons. The molecular weight excluding hydrogens is 517 g/mol. The summed E-state index contributed by atoms with van der Waals surface area (Å²) in [6, 6.07) is 19.4. The van der Waals surface area contributed by atoms with E-state index < -0.39 is 10.0 Å². The summed E-state index contributed by atoms with van der Waals surface area (Å²) >= 11 is 0. The first kappa shape index (κ1) is 25.2. The zero-order valence-electron chi connectivity index (χ0n) is 21.4. The van der Waals surface area contributed by atoms with Crippen molar-refractivity contribution in [3.63, 3.8) is 0 Å². The molecule has 0 unspecified atom stereocenters. The van der Waals surface area contributed by atoms with Crippen molar-refractivity contribution >= 4 is 26.7 Å². The van der Waals surface area contributed by atoms with Crippen LogP contribution in [-0.4, -0.2) is 37.8 Å². The maximum absolute atomic E-state index is 13.7. The Hall–Kier alpha value is -4.11. The smallest absolute Gasteiger partial charge is 0.232 e. The van der Waals surface area contributed by atoms with Crippen molar-refractivity contribution in [3.8, 4) is 28.5 Å². The van der Waals surface area contributed by atoms with Crippen LogP contribution in [0.4, 0.5) is 10.1 Å². The summed E-state index contributed by atoms with van der Waals surface area (Å²) in [4.78, 5) is 7.63. The Balaban J connectivity index is 1.42. The zero-order valence-corrected chi connectivity index (χ0v) is 22.2. The number of sulfonamides is 1. The third-order valence-corrected chi connectivity index (χ3v) is 8.06. The summed E-state index contributed by atoms with van der Waals surface area (Å²) in [6.07, 6.45) is 7.13. The van der Waals surface area contributed by atoms with Gasteiger partial charge < -0.3 is 14.1 Å². The fourth-order valence-corrected chi connectivity index (χ4v) is 5.88. The third kappa shape index (κ3) is 5.27. The number of anilines is 1. The summed E-state index contributed by atoms with van der Waals surface area (Å²) in [5, 5.41) is 0.829. The standard InChI is InChI=1S/C30H28FN3O4S/c1-39(35,36)34(16-5-17-37-23-6-3-2-4-7-23)26-19-27-25(18-24(26)20-8-9-20)28(30-32-14-15-33-30)29(38-27)21-10-12-22(31)13-11-21/h2-4,6-7,10-15,18-20H,5,8-9,16-17H2,1H3,(H,32,33). The second-order valence-electron chi connectivity index (χ2n) is 9.78. The van der Waals surface area contributed by atoms with Crippen molar-refractivity contribution in [2.75, 3.05) is 23.7 Å². The lowest BCUT2D eigenvalue weighted by atomic mass is 10.0. The van der Waals surface area contributed by atoms with E-state index in [1.165, 1.54) is 22.7 Å². The molecule has 0 spiro atoms. The molecule has 1 saturated carbocycles. The molecule has 0 aliphatic heterocycles. The van der Waals surface area contributed by atoms with Crippen LogP contribution < -0.4 is 9.04 Å². The van der Waals surface area contributed by atoms with Crippen molar-refractivity contribution in [2.24, 2.45) is 0 Å². The van der Waals surface area contributed by atoms with Gasteiger partial charge in [-0.3, -0.25) is 4.31 Å². The summed E-state index contributed by atoms with van der Waals surface area (Å²) < 4.78 is 53.4. The number of hydrogen-bond donors (Lipinski definition) is 1. The molecule has 1 fully saturated rings. The SMILES string of the molecule is CS(=O)(=O)N(CCCOc1ccccc1)c1cc2oc(-c3ccc(F)cc3)c(-c3ncc[nH]3)c2cc1C1CC1. The van der Waals surface area contributed by atoms with E-state index >= 15 is 0 Å². The van der Waals surface area contributed by atoms with Gasteiger partial charge >= 0.3 is 0 Å². The molecule has 1 aliphatic carbocycles. The summed E-state index contributed by atoms with van der Waals surface area (Å²) in [6.45, 7) is 0.655. The van der Waals surface area contributed by atoms with E-state index in [0.29, 0.717) is 41.4 Å². The van der Waals surface area contributed by atoms with Crippen LogP contribution >= 0.6 is 0 Å². The van der Waals surface area contributed by atoms with Gasteiger partial charge in [0.1, 0.15) is 28.7 Å². The van der Waals surface area contributed by atoms with Gasteiger partial charge in [0.05, 0.1) is 24.1 Å². The second-order valence-corrected chi connectivity index (χ2v) is 11.7. The Labute approximate surface area is 226 Å². The monoisotopic (exact) mass is 545 g/mol. The number of benzene rings is 3. The third-order valence-electron chi connectivity index (χ3n) is 6.88. The molecule has 0 saturated heterocycles. The zero-order chi connectivity index (χ0) is 27.0. The minimum atomic E-state index is -3.59. The second kappa shape index (κ2) is 10.2. The van der Waals surface area contributed by atoms with Crippen molar-refractivity contribution in [3.05, 3.63) is 90.5 Å². The Morgan fingerprint density at radius 3 is 2.54 bits per heavy atom. The average Bonchev–Trinajstić information content (AvgIpc) is 3.49. The van der Waals surface area contributed by atoms with Gasteiger partial charge in [0.2, 0.25) is 10.0 Å². The van der Waals surface area contributed by atoms with E-state index in [2.05, 4.69) is 9.97 Å². The van der Waals surface area contributed by atoms with Crippen LogP contribution in [0, 0.1) is 5.82 Å². The van der Waals surface area contributed by atoms with Crippen LogP contribution in [-0.2, 0) is 10.0 Å². The largest absolute Gasteiger partial charge is 0.494 e. The highest BCUT2D eigenvalue weighted by Crippen LogP contribution is 2.49. The summed E-state index contributed by atoms with van der Waals surface area (Å²) in [5.41, 5.74) is 3.59. The first-order valence-electron chi connectivity index (χ1n) is 12.9. The first-order chi connectivity index (χ1) is 18.9. The molecule has 1 N–H and O–H groups in total. The van der Waals surface area contributed by atoms with Crippen LogP contribution in [0.25, 0.3) is 33.7 Å². The molecule has 39 heavy (non-hydrogen) atoms. The number of nitrogens with one attached hydrogen (secondary N) is 1. The number of nitrogens with zero attached hydrogens (tertiary/aromatic N) is 2. The van der Waals surface area contributed by atoms with Crippen molar-refractivity contribution in [2.45, 2.75) is 25.2 Å². The van der Waals surface area contributed by atoms with E-state index in [1.807, 2.05) is 42.5 Å². The number of imidazole rings is 1. The van der Waals surface area contributed by atoms with Gasteiger partial charge in [-0.05, 0) is 66.8 Å². The average molecular weight is 546 g/mol. The number of fused-ring (bicyclic) bond motifs is 1. The Morgan fingerprint density at radius 1 is 1.10 bits per heavy atom. The van der Waals surface area contributed by atoms with Crippen LogP contribution in [0.1, 0.15) is 30.7 Å². The van der Waals surface area contributed by atoms with E-state index in [-0.39, 0.29) is 18.3 Å². The molecule has 9 heteroatoms. The number of aromatic amines is 1. The van der Waals surface area contributed by atoms with Crippen molar-refractivity contribution in [1.29, 1.82) is 0 Å². The summed E-state index contributed by atoms with van der Waals surface area (Å²) in [7, 11) is -3.59. The van der Waals surface area contributed by atoms with Gasteiger partial charge in [-0.15, -0.1) is 0 Å². The molecule has 0 atom stereocenters. The molecule has 1 aliphatic rings. The van der Waals surface area contributed by atoms with Crippen LogP contribution in [0.5, 0.6) is 5.75 Å². The molecule has 2 heterocycles. The minimum absolute atomic E-state index is 0.267. The maximum atomic E-state index is 13.7. The highest BCUT2D eigenvalue weighted by molar-refractivity contribution is 7.92. The van der Waals surface area contributed by atoms with E-state index in [4.69, 9.17) is 9.15 Å². The van der Waals surface area contributed by atoms with Crippen LogP contribution in [0.15, 0.2) is 83.5 Å². The van der Waals surface area contributed by atoms with E-state index in [9.17, 15) is 12.8 Å². The number of furan rings is 1. The van der Waals surface area contributed by atoms with E-state index in [1.54, 1.807) is 24.5 Å². The molecule has 200 valence electrons. The number of aromatic nitrogens is 2. The molecule has 5 aromatic rings. The number of para-hydroxylation sites is 1. The first-order valence-corrected chi connectivity index (χ1v) is 14.7. The number of halogens is 1. The number of hydrogen-bond acceptors (Lipinski definition) is 5. The highest BCUT2D eigenvalue weighted by atomic mass is 32.2.